The first-order valence-electron chi connectivity index (χ1n) is 6.34. The van der Waals surface area contributed by atoms with Crippen LogP contribution < -0.4 is 10.6 Å². The smallest absolute Gasteiger partial charge is 0.234 e. The number of hydrogen-bond donors (Lipinski definition) is 2. The number of nitrogens with zero attached hydrogens (tertiary/aromatic N) is 1. The van der Waals surface area contributed by atoms with Crippen molar-refractivity contribution in [2.45, 2.75) is 33.2 Å². The van der Waals surface area contributed by atoms with Crippen molar-refractivity contribution in [3.63, 3.8) is 0 Å². The van der Waals surface area contributed by atoms with Crippen molar-refractivity contribution in [3.8, 4) is 0 Å². The van der Waals surface area contributed by atoms with E-state index >= 15 is 0 Å². The Morgan fingerprint density at radius 3 is 2.81 bits per heavy atom. The van der Waals surface area contributed by atoms with Crippen LogP contribution in [0.2, 0.25) is 0 Å². The molecule has 2 N–H and O–H groups in total. The summed E-state index contributed by atoms with van der Waals surface area (Å²) in [4.78, 5) is 13.9. The number of likely N-dealkylation sites (N-methyl/N-ethyl adjacent to an activating group) is 1. The van der Waals surface area contributed by atoms with Crippen molar-refractivity contribution in [2.75, 3.05) is 32.7 Å². The van der Waals surface area contributed by atoms with Crippen molar-refractivity contribution < 1.29 is 4.79 Å². The molecule has 1 unspecified atom stereocenters. The van der Waals surface area contributed by atoms with E-state index in [4.69, 9.17) is 0 Å². The van der Waals surface area contributed by atoms with E-state index in [0.29, 0.717) is 12.5 Å². The van der Waals surface area contributed by atoms with Crippen LogP contribution in [0.3, 0.4) is 0 Å². The van der Waals surface area contributed by atoms with Gasteiger partial charge in [0.2, 0.25) is 5.91 Å². The molecule has 0 radical (unpaired) electrons. The summed E-state index contributed by atoms with van der Waals surface area (Å²) < 4.78 is 0. The lowest BCUT2D eigenvalue weighted by molar-refractivity contribution is -0.122. The van der Waals surface area contributed by atoms with E-state index in [1.54, 1.807) is 0 Å². The van der Waals surface area contributed by atoms with Gasteiger partial charge in [0.25, 0.3) is 0 Å². The average molecular weight is 227 g/mol. The van der Waals surface area contributed by atoms with Crippen LogP contribution in [0, 0.1) is 5.92 Å². The fourth-order valence-electron chi connectivity index (χ4n) is 2.11. The Morgan fingerprint density at radius 2 is 2.31 bits per heavy atom. The van der Waals surface area contributed by atoms with E-state index in [1.165, 1.54) is 6.42 Å². The molecule has 0 aromatic heterocycles. The first-order valence-corrected chi connectivity index (χ1v) is 6.34. The van der Waals surface area contributed by atoms with E-state index in [9.17, 15) is 4.79 Å². The highest BCUT2D eigenvalue weighted by Crippen LogP contribution is 2.09. The monoisotopic (exact) mass is 227 g/mol. The summed E-state index contributed by atoms with van der Waals surface area (Å²) in [7, 11) is 0. The lowest BCUT2D eigenvalue weighted by Crippen LogP contribution is -2.42. The van der Waals surface area contributed by atoms with Gasteiger partial charge in [-0.3, -0.25) is 9.69 Å². The molecular weight excluding hydrogens is 202 g/mol. The third-order valence-electron chi connectivity index (χ3n) is 2.94. The molecule has 16 heavy (non-hydrogen) atoms. The second kappa shape index (κ2) is 6.86. The maximum Gasteiger partial charge on any atom is 0.234 e. The molecule has 0 spiro atoms. The van der Waals surface area contributed by atoms with Crippen LogP contribution in [0.5, 0.6) is 0 Å². The number of nitrogens with one attached hydrogen (secondary N) is 2. The fraction of sp³-hybridized carbons (Fsp3) is 0.917. The van der Waals surface area contributed by atoms with Crippen LogP contribution in [0.1, 0.15) is 27.2 Å². The van der Waals surface area contributed by atoms with E-state index in [2.05, 4.69) is 22.5 Å². The zero-order valence-corrected chi connectivity index (χ0v) is 10.8. The first-order chi connectivity index (χ1) is 7.61. The third kappa shape index (κ3) is 4.94. The van der Waals surface area contributed by atoms with Gasteiger partial charge in [-0.15, -0.1) is 0 Å². The standard InChI is InChI=1S/C12H25N3O/c1-4-15(8-11-5-6-13-7-11)9-12(16)14-10(2)3/h10-11,13H,4-9H2,1-3H3,(H,14,16). The van der Waals surface area contributed by atoms with Crippen molar-refractivity contribution >= 4 is 5.91 Å². The van der Waals surface area contributed by atoms with Gasteiger partial charge < -0.3 is 10.6 Å². The van der Waals surface area contributed by atoms with Crippen LogP contribution >= 0.6 is 0 Å². The molecule has 1 aliphatic rings. The minimum absolute atomic E-state index is 0.141. The summed E-state index contributed by atoms with van der Waals surface area (Å²) in [6, 6.07) is 0.236. The van der Waals surface area contributed by atoms with Gasteiger partial charge in [-0.25, -0.2) is 0 Å². The molecule has 0 aromatic carbocycles. The van der Waals surface area contributed by atoms with Gasteiger partial charge in [-0.2, -0.15) is 0 Å². The fourth-order valence-corrected chi connectivity index (χ4v) is 2.11. The number of hydrogen-bond acceptors (Lipinski definition) is 3. The van der Waals surface area contributed by atoms with Crippen LogP contribution in [-0.2, 0) is 4.79 Å². The Hall–Kier alpha value is -0.610. The molecule has 94 valence electrons. The molecular formula is C12H25N3O. The number of carbonyl (C=O) groups excluding carboxylic acids is 1. The van der Waals surface area contributed by atoms with E-state index in [-0.39, 0.29) is 11.9 Å². The molecule has 1 atom stereocenters. The normalized spacial score (nSPS) is 20.7. The third-order valence-corrected chi connectivity index (χ3v) is 2.94. The Kier molecular flexibility index (Phi) is 5.77. The average Bonchev–Trinajstić information content (AvgIpc) is 2.68. The summed E-state index contributed by atoms with van der Waals surface area (Å²) in [5.74, 6) is 0.856. The predicted octanol–water partition coefficient (Wildman–Crippen LogP) is 0.442. The van der Waals surface area contributed by atoms with Gasteiger partial charge in [-0.1, -0.05) is 6.92 Å². The van der Waals surface area contributed by atoms with Crippen LogP contribution in [0.15, 0.2) is 0 Å². The minimum Gasteiger partial charge on any atom is -0.353 e. The van der Waals surface area contributed by atoms with Crippen LogP contribution in [0.4, 0.5) is 0 Å². The minimum atomic E-state index is 0.141. The lowest BCUT2D eigenvalue weighted by Gasteiger charge is -2.23. The molecule has 0 saturated carbocycles. The number of carbonyl (C=O) groups is 1. The highest BCUT2D eigenvalue weighted by atomic mass is 16.2. The van der Waals surface area contributed by atoms with Gasteiger partial charge in [-0.05, 0) is 45.8 Å². The Bertz CT molecular complexity index is 212. The second-order valence-corrected chi connectivity index (χ2v) is 4.91. The van der Waals surface area contributed by atoms with Gasteiger partial charge >= 0.3 is 0 Å². The molecule has 0 aromatic rings. The van der Waals surface area contributed by atoms with Crippen molar-refractivity contribution in [3.05, 3.63) is 0 Å². The topological polar surface area (TPSA) is 44.4 Å². The number of amides is 1. The molecule has 4 heteroatoms. The molecule has 1 amide bonds. The zero-order valence-electron chi connectivity index (χ0n) is 10.8. The molecule has 1 fully saturated rings. The first kappa shape index (κ1) is 13.5. The summed E-state index contributed by atoms with van der Waals surface area (Å²) in [6.45, 7) is 10.8. The van der Waals surface area contributed by atoms with Gasteiger partial charge in [0, 0.05) is 12.6 Å². The van der Waals surface area contributed by atoms with E-state index < -0.39 is 0 Å². The predicted molar refractivity (Wildman–Crippen MR) is 66.4 cm³/mol. The van der Waals surface area contributed by atoms with Crippen LogP contribution in [0.25, 0.3) is 0 Å². The molecule has 1 aliphatic heterocycles. The maximum atomic E-state index is 11.6. The van der Waals surface area contributed by atoms with Crippen molar-refractivity contribution in [2.24, 2.45) is 5.92 Å². The molecule has 1 saturated heterocycles. The van der Waals surface area contributed by atoms with Crippen molar-refractivity contribution in [1.29, 1.82) is 0 Å². The van der Waals surface area contributed by atoms with Crippen molar-refractivity contribution in [1.82, 2.24) is 15.5 Å². The Morgan fingerprint density at radius 1 is 1.56 bits per heavy atom. The molecule has 0 aliphatic carbocycles. The second-order valence-electron chi connectivity index (χ2n) is 4.91. The largest absolute Gasteiger partial charge is 0.353 e. The van der Waals surface area contributed by atoms with E-state index in [0.717, 1.165) is 26.2 Å². The summed E-state index contributed by atoms with van der Waals surface area (Å²) >= 11 is 0. The lowest BCUT2D eigenvalue weighted by atomic mass is 10.1. The summed E-state index contributed by atoms with van der Waals surface area (Å²) in [6.07, 6.45) is 1.24. The van der Waals surface area contributed by atoms with Gasteiger partial charge in [0.15, 0.2) is 0 Å². The maximum absolute atomic E-state index is 11.6. The Labute approximate surface area is 98.8 Å². The highest BCUT2D eigenvalue weighted by Gasteiger charge is 2.18. The molecule has 1 rings (SSSR count). The quantitative estimate of drug-likeness (QED) is 0.692. The zero-order chi connectivity index (χ0) is 12.0. The van der Waals surface area contributed by atoms with Gasteiger partial charge in [0.05, 0.1) is 6.54 Å². The molecule has 4 nitrogen and oxygen atoms in total. The summed E-state index contributed by atoms with van der Waals surface area (Å²) in [5, 5.41) is 6.30. The Balaban J connectivity index is 2.27. The van der Waals surface area contributed by atoms with Gasteiger partial charge in [0.1, 0.15) is 0 Å². The highest BCUT2D eigenvalue weighted by molar-refractivity contribution is 5.78. The molecule has 0 bridgehead atoms. The summed E-state index contributed by atoms with van der Waals surface area (Å²) in [5.41, 5.74) is 0. The SMILES string of the molecule is CCN(CC(=O)NC(C)C)CC1CCNC1. The molecule has 1 heterocycles. The number of rotatable bonds is 6. The van der Waals surface area contributed by atoms with Crippen LogP contribution in [-0.4, -0.2) is 49.6 Å². The van der Waals surface area contributed by atoms with E-state index in [1.807, 2.05) is 13.8 Å².